The van der Waals surface area contributed by atoms with Crippen molar-refractivity contribution in [3.8, 4) is 5.69 Å². The summed E-state index contributed by atoms with van der Waals surface area (Å²) in [5.74, 6) is 0.0717. The van der Waals surface area contributed by atoms with E-state index in [9.17, 15) is 4.79 Å². The van der Waals surface area contributed by atoms with Gasteiger partial charge in [0.1, 0.15) is 0 Å². The number of carbonyl (C=O) groups excluding carboxylic acids is 1. The van der Waals surface area contributed by atoms with Crippen LogP contribution >= 0.6 is 11.3 Å². The van der Waals surface area contributed by atoms with Crippen molar-refractivity contribution >= 4 is 27.5 Å². The number of benzene rings is 2. The van der Waals surface area contributed by atoms with Crippen molar-refractivity contribution in [2.24, 2.45) is 0 Å². The summed E-state index contributed by atoms with van der Waals surface area (Å²) < 4.78 is 3.00. The Morgan fingerprint density at radius 1 is 1.04 bits per heavy atom. The molecule has 0 aliphatic rings. The first-order chi connectivity index (χ1) is 13.3. The van der Waals surface area contributed by atoms with Crippen LogP contribution in [-0.2, 0) is 17.6 Å². The SMILES string of the molecule is O=C(CCc1nc2ccccc2s1)NCCc1ccc(-n2cccn2)cc1. The molecular weight excluding hydrogens is 356 g/mol. The smallest absolute Gasteiger partial charge is 0.220 e. The van der Waals surface area contributed by atoms with Crippen molar-refractivity contribution in [1.29, 1.82) is 0 Å². The Labute approximate surface area is 161 Å². The molecule has 2 aromatic carbocycles. The van der Waals surface area contributed by atoms with Crippen molar-refractivity contribution in [1.82, 2.24) is 20.1 Å². The van der Waals surface area contributed by atoms with Gasteiger partial charge in [0.2, 0.25) is 5.91 Å². The van der Waals surface area contributed by atoms with Crippen molar-refractivity contribution in [3.63, 3.8) is 0 Å². The number of fused-ring (bicyclic) bond motifs is 1. The average molecular weight is 376 g/mol. The van der Waals surface area contributed by atoms with Crippen LogP contribution in [-0.4, -0.2) is 27.2 Å². The fraction of sp³-hybridized carbons (Fsp3) is 0.190. The number of hydrogen-bond acceptors (Lipinski definition) is 4. The fourth-order valence-corrected chi connectivity index (χ4v) is 3.89. The molecule has 136 valence electrons. The Bertz CT molecular complexity index is 989. The van der Waals surface area contributed by atoms with Crippen molar-refractivity contribution in [2.45, 2.75) is 19.3 Å². The first kappa shape index (κ1) is 17.4. The minimum atomic E-state index is 0.0717. The van der Waals surface area contributed by atoms with E-state index in [0.717, 1.165) is 22.6 Å². The first-order valence-electron chi connectivity index (χ1n) is 8.98. The van der Waals surface area contributed by atoms with E-state index in [1.54, 1.807) is 17.5 Å². The molecule has 0 fully saturated rings. The standard InChI is InChI=1S/C21H20N4OS/c26-20(10-11-21-24-18-4-1-2-5-19(18)27-21)22-14-12-16-6-8-17(9-7-16)25-15-3-13-23-25/h1-9,13,15H,10-12,14H2,(H,22,26). The molecule has 0 atom stereocenters. The molecule has 6 heteroatoms. The topological polar surface area (TPSA) is 59.8 Å². The van der Waals surface area contributed by atoms with Crippen LogP contribution in [0.5, 0.6) is 0 Å². The predicted octanol–water partition coefficient (Wildman–Crippen LogP) is 3.77. The fourth-order valence-electron chi connectivity index (χ4n) is 2.92. The van der Waals surface area contributed by atoms with Crippen molar-refractivity contribution < 1.29 is 4.79 Å². The number of nitrogens with zero attached hydrogens (tertiary/aromatic N) is 3. The van der Waals surface area contributed by atoms with Gasteiger partial charge in [-0.25, -0.2) is 9.67 Å². The second-order valence-electron chi connectivity index (χ2n) is 6.29. The number of hydrogen-bond donors (Lipinski definition) is 1. The van der Waals surface area contributed by atoms with Crippen LogP contribution in [0, 0.1) is 0 Å². The third-order valence-corrected chi connectivity index (χ3v) is 5.44. The highest BCUT2D eigenvalue weighted by Crippen LogP contribution is 2.22. The minimum absolute atomic E-state index is 0.0717. The van der Waals surface area contributed by atoms with Gasteiger partial charge in [-0.05, 0) is 42.3 Å². The molecule has 0 saturated heterocycles. The van der Waals surface area contributed by atoms with Gasteiger partial charge in [-0.2, -0.15) is 5.10 Å². The number of aromatic nitrogens is 3. The molecule has 1 N–H and O–H groups in total. The molecule has 4 rings (SSSR count). The van der Waals surface area contributed by atoms with Gasteiger partial charge in [0.25, 0.3) is 0 Å². The molecular formula is C21H20N4OS. The zero-order chi connectivity index (χ0) is 18.5. The number of rotatable bonds is 7. The molecule has 2 heterocycles. The number of amides is 1. The Balaban J connectivity index is 1.22. The molecule has 0 bridgehead atoms. The highest BCUT2D eigenvalue weighted by molar-refractivity contribution is 7.18. The van der Waals surface area contributed by atoms with Gasteiger partial charge in [-0.15, -0.1) is 11.3 Å². The third-order valence-electron chi connectivity index (χ3n) is 4.35. The lowest BCUT2D eigenvalue weighted by Crippen LogP contribution is -2.25. The van der Waals surface area contributed by atoms with E-state index in [2.05, 4.69) is 33.6 Å². The monoisotopic (exact) mass is 376 g/mol. The summed E-state index contributed by atoms with van der Waals surface area (Å²) in [7, 11) is 0. The molecule has 0 spiro atoms. The zero-order valence-electron chi connectivity index (χ0n) is 14.8. The van der Waals surface area contributed by atoms with Gasteiger partial charge in [0, 0.05) is 31.8 Å². The predicted molar refractivity (Wildman–Crippen MR) is 108 cm³/mol. The summed E-state index contributed by atoms with van der Waals surface area (Å²) in [6.45, 7) is 0.639. The van der Waals surface area contributed by atoms with Gasteiger partial charge in [0.15, 0.2) is 0 Å². The Kier molecular flexibility index (Phi) is 5.25. The summed E-state index contributed by atoms with van der Waals surface area (Å²) in [5.41, 5.74) is 3.23. The van der Waals surface area contributed by atoms with E-state index in [0.29, 0.717) is 19.4 Å². The second kappa shape index (κ2) is 8.14. The van der Waals surface area contributed by atoms with Crippen LogP contribution in [0.4, 0.5) is 0 Å². The van der Waals surface area contributed by atoms with Crippen LogP contribution in [0.25, 0.3) is 15.9 Å². The first-order valence-corrected chi connectivity index (χ1v) is 9.80. The normalized spacial score (nSPS) is 11.0. The molecule has 27 heavy (non-hydrogen) atoms. The zero-order valence-corrected chi connectivity index (χ0v) is 15.7. The van der Waals surface area contributed by atoms with E-state index in [-0.39, 0.29) is 5.91 Å². The van der Waals surface area contributed by atoms with Gasteiger partial charge in [-0.1, -0.05) is 24.3 Å². The van der Waals surface area contributed by atoms with E-state index >= 15 is 0 Å². The van der Waals surface area contributed by atoms with Crippen LogP contribution < -0.4 is 5.32 Å². The Hall–Kier alpha value is -2.99. The third kappa shape index (κ3) is 4.41. The molecule has 0 unspecified atom stereocenters. The van der Waals surface area contributed by atoms with Gasteiger partial charge in [-0.3, -0.25) is 4.79 Å². The van der Waals surface area contributed by atoms with Gasteiger partial charge >= 0.3 is 0 Å². The summed E-state index contributed by atoms with van der Waals surface area (Å²) in [5, 5.41) is 8.23. The highest BCUT2D eigenvalue weighted by Gasteiger charge is 2.07. The molecule has 4 aromatic rings. The maximum absolute atomic E-state index is 12.1. The number of nitrogens with one attached hydrogen (secondary N) is 1. The lowest BCUT2D eigenvalue weighted by atomic mass is 10.1. The van der Waals surface area contributed by atoms with E-state index in [1.165, 1.54) is 10.3 Å². The average Bonchev–Trinajstić information content (AvgIpc) is 3.36. The second-order valence-corrected chi connectivity index (χ2v) is 7.41. The lowest BCUT2D eigenvalue weighted by molar-refractivity contribution is -0.121. The van der Waals surface area contributed by atoms with Crippen LogP contribution in [0.2, 0.25) is 0 Å². The van der Waals surface area contributed by atoms with Crippen LogP contribution in [0.1, 0.15) is 17.0 Å². The molecule has 0 saturated carbocycles. The summed E-state index contributed by atoms with van der Waals surface area (Å²) in [4.78, 5) is 16.7. The molecule has 0 radical (unpaired) electrons. The Morgan fingerprint density at radius 3 is 2.67 bits per heavy atom. The minimum Gasteiger partial charge on any atom is -0.356 e. The summed E-state index contributed by atoms with van der Waals surface area (Å²) in [6.07, 6.45) is 5.65. The highest BCUT2D eigenvalue weighted by atomic mass is 32.1. The number of thiazole rings is 1. The largest absolute Gasteiger partial charge is 0.356 e. The van der Waals surface area contributed by atoms with Crippen molar-refractivity contribution in [2.75, 3.05) is 6.54 Å². The molecule has 5 nitrogen and oxygen atoms in total. The van der Waals surface area contributed by atoms with E-state index in [4.69, 9.17) is 0 Å². The van der Waals surface area contributed by atoms with Crippen LogP contribution in [0.3, 0.4) is 0 Å². The maximum atomic E-state index is 12.1. The van der Waals surface area contributed by atoms with Crippen LogP contribution in [0.15, 0.2) is 67.0 Å². The van der Waals surface area contributed by atoms with E-state index < -0.39 is 0 Å². The Morgan fingerprint density at radius 2 is 1.89 bits per heavy atom. The summed E-state index contributed by atoms with van der Waals surface area (Å²) in [6, 6.07) is 18.2. The van der Waals surface area contributed by atoms with Gasteiger partial charge < -0.3 is 5.32 Å². The number of carbonyl (C=O) groups is 1. The molecule has 2 aromatic heterocycles. The molecule has 1 amide bonds. The summed E-state index contributed by atoms with van der Waals surface area (Å²) >= 11 is 1.66. The number of aryl methyl sites for hydroxylation is 1. The van der Waals surface area contributed by atoms with Crippen molar-refractivity contribution in [3.05, 3.63) is 77.6 Å². The maximum Gasteiger partial charge on any atom is 0.220 e. The number of para-hydroxylation sites is 1. The van der Waals surface area contributed by atoms with Gasteiger partial charge in [0.05, 0.1) is 20.9 Å². The quantitative estimate of drug-likeness (QED) is 0.534. The molecule has 0 aliphatic carbocycles. The lowest BCUT2D eigenvalue weighted by Gasteiger charge is -2.06. The van der Waals surface area contributed by atoms with E-state index in [1.807, 2.05) is 47.3 Å². The molecule has 0 aliphatic heterocycles.